The van der Waals surface area contributed by atoms with E-state index in [0.717, 1.165) is 28.0 Å². The van der Waals surface area contributed by atoms with Crippen LogP contribution in [-0.2, 0) is 16.1 Å². The lowest BCUT2D eigenvalue weighted by atomic mass is 10.0. The van der Waals surface area contributed by atoms with E-state index in [2.05, 4.69) is 6.92 Å². The maximum Gasteiger partial charge on any atom is 0.343 e. The van der Waals surface area contributed by atoms with Gasteiger partial charge in [0.1, 0.15) is 18.1 Å². The van der Waals surface area contributed by atoms with Gasteiger partial charge in [0, 0.05) is 16.1 Å². The lowest BCUT2D eigenvalue weighted by molar-refractivity contribution is -0.130. The Hall–Kier alpha value is -3.30. The minimum atomic E-state index is -0.345. The maximum absolute atomic E-state index is 12.3. The van der Waals surface area contributed by atoms with Crippen molar-refractivity contribution < 1.29 is 14.3 Å². The number of ether oxygens (including phenoxy) is 2. The Kier molecular flexibility index (Phi) is 5.73. The third kappa shape index (κ3) is 4.47. The molecule has 0 atom stereocenters. The van der Waals surface area contributed by atoms with Gasteiger partial charge in [0.25, 0.3) is 0 Å². The van der Waals surface area contributed by atoms with E-state index in [1.54, 1.807) is 6.08 Å². The third-order valence-corrected chi connectivity index (χ3v) is 5.44. The number of halogens is 1. The zero-order chi connectivity index (χ0) is 21.1. The number of aryl methyl sites for hydroxylation is 2. The molecule has 0 saturated carbocycles. The fourth-order valence-electron chi connectivity index (χ4n) is 3.14. The van der Waals surface area contributed by atoms with Crippen LogP contribution in [0.2, 0.25) is 5.02 Å². The zero-order valence-electron chi connectivity index (χ0n) is 16.8. The maximum atomic E-state index is 12.3. The molecule has 0 N–H and O–H groups in total. The molecule has 3 nitrogen and oxygen atoms in total. The highest BCUT2D eigenvalue weighted by molar-refractivity contribution is 6.31. The second-order valence-electron chi connectivity index (χ2n) is 7.25. The summed E-state index contributed by atoms with van der Waals surface area (Å²) < 4.78 is 11.3. The Bertz CT molecular complexity index is 1160. The second kappa shape index (κ2) is 8.60. The van der Waals surface area contributed by atoms with Crippen LogP contribution in [0.3, 0.4) is 0 Å². The number of cyclic esters (lactones) is 1. The van der Waals surface area contributed by atoms with Crippen molar-refractivity contribution >= 4 is 29.4 Å². The molecule has 3 aromatic carbocycles. The minimum absolute atomic E-state index is 0.345. The lowest BCUT2D eigenvalue weighted by Crippen LogP contribution is -1.98. The van der Waals surface area contributed by atoms with Gasteiger partial charge in [-0.15, -0.1) is 0 Å². The van der Waals surface area contributed by atoms with Gasteiger partial charge in [0.15, 0.2) is 0 Å². The van der Waals surface area contributed by atoms with Crippen LogP contribution in [0, 0.1) is 13.8 Å². The average Bonchev–Trinajstić information content (AvgIpc) is 3.11. The normalized spacial score (nSPS) is 14.6. The Balaban J connectivity index is 1.47. The van der Waals surface area contributed by atoms with Crippen molar-refractivity contribution in [3.63, 3.8) is 0 Å². The summed E-state index contributed by atoms with van der Waals surface area (Å²) in [5.74, 6) is 0.966. The summed E-state index contributed by atoms with van der Waals surface area (Å²) in [6.45, 7) is 4.50. The minimum Gasteiger partial charge on any atom is -0.489 e. The molecule has 4 rings (SSSR count). The predicted octanol–water partition coefficient (Wildman–Crippen LogP) is 6.52. The summed E-state index contributed by atoms with van der Waals surface area (Å²) in [5.41, 5.74) is 5.62. The first-order chi connectivity index (χ1) is 14.5. The van der Waals surface area contributed by atoms with Crippen molar-refractivity contribution in [2.24, 2.45) is 0 Å². The molecule has 0 fully saturated rings. The van der Waals surface area contributed by atoms with Crippen LogP contribution in [0.4, 0.5) is 0 Å². The number of carbonyl (C=O) groups is 1. The van der Waals surface area contributed by atoms with E-state index in [4.69, 9.17) is 21.1 Å². The first-order valence-electron chi connectivity index (χ1n) is 9.69. The van der Waals surface area contributed by atoms with E-state index in [9.17, 15) is 4.79 Å². The average molecular weight is 417 g/mol. The summed E-state index contributed by atoms with van der Waals surface area (Å²) >= 11 is 6.16. The molecule has 0 spiro atoms. The van der Waals surface area contributed by atoms with E-state index >= 15 is 0 Å². The summed E-state index contributed by atoms with van der Waals surface area (Å²) in [4.78, 5) is 12.3. The summed E-state index contributed by atoms with van der Waals surface area (Å²) in [6.07, 6.45) is 3.60. The lowest BCUT2D eigenvalue weighted by Gasteiger charge is -2.08. The Morgan fingerprint density at radius 1 is 0.967 bits per heavy atom. The van der Waals surface area contributed by atoms with Crippen molar-refractivity contribution in [3.05, 3.63) is 111 Å². The first-order valence-corrected chi connectivity index (χ1v) is 10.1. The molecule has 3 aromatic rings. The van der Waals surface area contributed by atoms with E-state index < -0.39 is 0 Å². The summed E-state index contributed by atoms with van der Waals surface area (Å²) in [5, 5.41) is 0.685. The van der Waals surface area contributed by atoms with Crippen LogP contribution < -0.4 is 4.74 Å². The van der Waals surface area contributed by atoms with Crippen molar-refractivity contribution in [1.82, 2.24) is 0 Å². The van der Waals surface area contributed by atoms with Gasteiger partial charge in [0.2, 0.25) is 0 Å². The zero-order valence-corrected chi connectivity index (χ0v) is 17.6. The van der Waals surface area contributed by atoms with Gasteiger partial charge in [-0.25, -0.2) is 4.79 Å². The fourth-order valence-corrected chi connectivity index (χ4v) is 3.33. The molecule has 4 heteroatoms. The van der Waals surface area contributed by atoms with Crippen molar-refractivity contribution in [2.45, 2.75) is 20.5 Å². The summed E-state index contributed by atoms with van der Waals surface area (Å²) in [7, 11) is 0. The van der Waals surface area contributed by atoms with E-state index in [-0.39, 0.29) is 5.97 Å². The molecule has 0 saturated heterocycles. The number of carbonyl (C=O) groups excluding carboxylic acids is 1. The van der Waals surface area contributed by atoms with Crippen LogP contribution in [-0.4, -0.2) is 5.97 Å². The quantitative estimate of drug-likeness (QED) is 0.351. The molecule has 0 bridgehead atoms. The monoisotopic (exact) mass is 416 g/mol. The Morgan fingerprint density at radius 2 is 1.73 bits per heavy atom. The molecule has 1 aliphatic rings. The van der Waals surface area contributed by atoms with Gasteiger partial charge in [-0.2, -0.15) is 0 Å². The Morgan fingerprint density at radius 3 is 2.47 bits per heavy atom. The largest absolute Gasteiger partial charge is 0.489 e. The van der Waals surface area contributed by atoms with Crippen LogP contribution in [0.25, 0.3) is 11.8 Å². The molecule has 1 aliphatic heterocycles. The highest BCUT2D eigenvalue weighted by atomic mass is 35.5. The van der Waals surface area contributed by atoms with Gasteiger partial charge in [-0.1, -0.05) is 54.1 Å². The highest BCUT2D eigenvalue weighted by Crippen LogP contribution is 2.29. The molecule has 150 valence electrons. The SMILES string of the molecule is Cc1ccc(C2=CC(=Cc3ccc(OCc4ccccc4Cl)cc3)C(=O)O2)cc1C. The molecular formula is C26H21ClO3. The van der Waals surface area contributed by atoms with Gasteiger partial charge < -0.3 is 9.47 Å². The van der Waals surface area contributed by atoms with Crippen molar-refractivity contribution in [1.29, 1.82) is 0 Å². The number of benzene rings is 3. The molecule has 1 heterocycles. The van der Waals surface area contributed by atoms with Crippen LogP contribution >= 0.6 is 11.6 Å². The number of rotatable bonds is 5. The predicted molar refractivity (Wildman–Crippen MR) is 120 cm³/mol. The molecule has 0 amide bonds. The third-order valence-electron chi connectivity index (χ3n) is 5.07. The highest BCUT2D eigenvalue weighted by Gasteiger charge is 2.22. The van der Waals surface area contributed by atoms with Crippen LogP contribution in [0.1, 0.15) is 27.8 Å². The summed E-state index contributed by atoms with van der Waals surface area (Å²) in [6, 6.07) is 21.2. The number of hydrogen-bond acceptors (Lipinski definition) is 3. The van der Waals surface area contributed by atoms with E-state index in [0.29, 0.717) is 23.0 Å². The van der Waals surface area contributed by atoms with E-state index in [1.807, 2.05) is 79.7 Å². The van der Waals surface area contributed by atoms with Crippen molar-refractivity contribution in [3.8, 4) is 5.75 Å². The number of hydrogen-bond donors (Lipinski definition) is 0. The molecule has 0 aliphatic carbocycles. The fraction of sp³-hybridized carbons (Fsp3) is 0.115. The molecule has 30 heavy (non-hydrogen) atoms. The second-order valence-corrected chi connectivity index (χ2v) is 7.65. The van der Waals surface area contributed by atoms with Gasteiger partial charge >= 0.3 is 5.97 Å². The van der Waals surface area contributed by atoms with E-state index in [1.165, 1.54) is 5.56 Å². The molecular weight excluding hydrogens is 396 g/mol. The van der Waals surface area contributed by atoms with Gasteiger partial charge in [-0.3, -0.25) is 0 Å². The van der Waals surface area contributed by atoms with Crippen molar-refractivity contribution in [2.75, 3.05) is 0 Å². The molecule has 0 radical (unpaired) electrons. The first kappa shape index (κ1) is 20.0. The topological polar surface area (TPSA) is 35.5 Å². The molecule has 0 aromatic heterocycles. The standard InChI is InChI=1S/C26H21ClO3/c1-17-7-10-20(13-18(17)2)25-15-22(26(28)30-25)14-19-8-11-23(12-9-19)29-16-21-5-3-4-6-24(21)27/h3-15H,16H2,1-2H3. The van der Waals surface area contributed by atoms with Gasteiger partial charge in [-0.05, 0) is 67.0 Å². The Labute approximate surface area is 181 Å². The number of esters is 1. The van der Waals surface area contributed by atoms with Gasteiger partial charge in [0.05, 0.1) is 5.57 Å². The molecule has 0 unspecified atom stereocenters. The van der Waals surface area contributed by atoms with Crippen LogP contribution in [0.5, 0.6) is 5.75 Å². The van der Waals surface area contributed by atoms with Crippen LogP contribution in [0.15, 0.2) is 78.4 Å². The smallest absolute Gasteiger partial charge is 0.343 e.